The number of carbonyl (C=O) groups excluding carboxylic acids is 1. The maximum atomic E-state index is 12.4. The van der Waals surface area contributed by atoms with Crippen molar-refractivity contribution in [3.8, 4) is 0 Å². The molecule has 0 radical (unpaired) electrons. The lowest BCUT2D eigenvalue weighted by atomic mass is 9.95. The second-order valence-electron chi connectivity index (χ2n) is 5.14. The van der Waals surface area contributed by atoms with Crippen molar-refractivity contribution in [1.82, 2.24) is 20.3 Å². The summed E-state index contributed by atoms with van der Waals surface area (Å²) >= 11 is 0. The lowest BCUT2D eigenvalue weighted by Gasteiger charge is -2.31. The molecule has 6 nitrogen and oxygen atoms in total. The molecule has 106 valence electrons. The molecule has 1 N–H and O–H groups in total. The highest BCUT2D eigenvalue weighted by Crippen LogP contribution is 2.26. The molecule has 20 heavy (non-hydrogen) atoms. The summed E-state index contributed by atoms with van der Waals surface area (Å²) in [5, 5.41) is 10.9. The maximum Gasteiger partial charge on any atom is 0.292 e. The summed E-state index contributed by atoms with van der Waals surface area (Å²) in [6, 6.07) is 3.71. The molecule has 0 bridgehead atoms. The molecule has 0 saturated carbocycles. The monoisotopic (exact) mass is 274 g/mol. The van der Waals surface area contributed by atoms with E-state index in [4.69, 9.17) is 4.52 Å². The van der Waals surface area contributed by atoms with Crippen LogP contribution in [0.5, 0.6) is 0 Å². The van der Waals surface area contributed by atoms with Crippen LogP contribution in [0.3, 0.4) is 0 Å². The predicted molar refractivity (Wildman–Crippen MR) is 72.3 cm³/mol. The van der Waals surface area contributed by atoms with Gasteiger partial charge in [-0.25, -0.2) is 0 Å². The van der Waals surface area contributed by atoms with E-state index in [-0.39, 0.29) is 5.91 Å². The van der Waals surface area contributed by atoms with Crippen molar-refractivity contribution in [3.05, 3.63) is 35.5 Å². The fraction of sp³-hybridized carbons (Fsp3) is 0.500. The van der Waals surface area contributed by atoms with Gasteiger partial charge in [-0.05, 0) is 25.3 Å². The Morgan fingerprint density at radius 2 is 2.50 bits per heavy atom. The second kappa shape index (κ2) is 5.48. The fourth-order valence-corrected chi connectivity index (χ4v) is 2.64. The third-order valence-corrected chi connectivity index (χ3v) is 3.80. The van der Waals surface area contributed by atoms with Crippen molar-refractivity contribution in [3.63, 3.8) is 0 Å². The van der Waals surface area contributed by atoms with E-state index in [2.05, 4.69) is 15.4 Å². The van der Waals surface area contributed by atoms with E-state index >= 15 is 0 Å². The van der Waals surface area contributed by atoms with Crippen molar-refractivity contribution in [2.24, 2.45) is 0 Å². The fourth-order valence-electron chi connectivity index (χ4n) is 2.64. The molecule has 0 aromatic carbocycles. The molecule has 6 heteroatoms. The van der Waals surface area contributed by atoms with Gasteiger partial charge in [0.05, 0.1) is 5.69 Å². The number of hydrogen-bond donors (Lipinski definition) is 1. The minimum atomic E-state index is -0.0681. The number of carbonyl (C=O) groups is 1. The smallest absolute Gasteiger partial charge is 0.292 e. The largest absolute Gasteiger partial charge is 0.351 e. The molecule has 0 spiro atoms. The minimum absolute atomic E-state index is 0.0681. The van der Waals surface area contributed by atoms with Crippen LogP contribution in [0.2, 0.25) is 0 Å². The first-order chi connectivity index (χ1) is 9.78. The highest BCUT2D eigenvalue weighted by molar-refractivity contribution is 5.91. The Morgan fingerprint density at radius 1 is 1.60 bits per heavy atom. The van der Waals surface area contributed by atoms with Gasteiger partial charge in [0, 0.05) is 37.0 Å². The first-order valence-corrected chi connectivity index (χ1v) is 7.02. The van der Waals surface area contributed by atoms with E-state index < -0.39 is 0 Å². The quantitative estimate of drug-likeness (QED) is 0.928. The Kier molecular flexibility index (Phi) is 3.54. The topological polar surface area (TPSA) is 75.0 Å². The van der Waals surface area contributed by atoms with Gasteiger partial charge in [0.2, 0.25) is 5.76 Å². The Morgan fingerprint density at radius 3 is 3.20 bits per heavy atom. The van der Waals surface area contributed by atoms with E-state index in [9.17, 15) is 4.79 Å². The average molecular weight is 274 g/mol. The summed E-state index contributed by atoms with van der Waals surface area (Å²) in [5.74, 6) is 0.595. The van der Waals surface area contributed by atoms with Crippen molar-refractivity contribution < 1.29 is 9.32 Å². The number of likely N-dealkylation sites (tertiary alicyclic amines) is 1. The highest BCUT2D eigenvalue weighted by atomic mass is 16.5. The number of piperidine rings is 1. The van der Waals surface area contributed by atoms with Gasteiger partial charge in [-0.15, -0.1) is 0 Å². The first-order valence-electron chi connectivity index (χ1n) is 7.02. The molecule has 2 aromatic rings. The van der Waals surface area contributed by atoms with Gasteiger partial charge in [0.25, 0.3) is 5.91 Å². The molecule has 3 heterocycles. The van der Waals surface area contributed by atoms with Crippen LogP contribution in [-0.4, -0.2) is 39.3 Å². The summed E-state index contributed by atoms with van der Waals surface area (Å²) < 4.78 is 5.14. The van der Waals surface area contributed by atoms with Crippen LogP contribution in [0.1, 0.15) is 47.6 Å². The molecule has 0 aliphatic carbocycles. The number of H-pyrrole nitrogens is 1. The number of amides is 1. The Bertz CT molecular complexity index is 576. The van der Waals surface area contributed by atoms with Gasteiger partial charge in [0.15, 0.2) is 0 Å². The van der Waals surface area contributed by atoms with Gasteiger partial charge >= 0.3 is 0 Å². The lowest BCUT2D eigenvalue weighted by Crippen LogP contribution is -2.39. The third-order valence-electron chi connectivity index (χ3n) is 3.80. The molecule has 3 rings (SSSR count). The van der Waals surface area contributed by atoms with Crippen molar-refractivity contribution >= 4 is 5.91 Å². The standard InChI is InChI=1S/C14H18N4O2/c1-2-11-8-13(20-17-11)14(19)18-7-3-4-10(9-18)12-5-6-15-16-12/h5-6,8,10H,2-4,7,9H2,1H3,(H,15,16). The zero-order valence-electron chi connectivity index (χ0n) is 11.5. The van der Waals surface area contributed by atoms with Gasteiger partial charge < -0.3 is 9.42 Å². The van der Waals surface area contributed by atoms with E-state index in [0.717, 1.165) is 37.2 Å². The summed E-state index contributed by atoms with van der Waals surface area (Å²) in [4.78, 5) is 14.3. The van der Waals surface area contributed by atoms with Gasteiger partial charge in [-0.3, -0.25) is 9.89 Å². The minimum Gasteiger partial charge on any atom is -0.351 e. The van der Waals surface area contributed by atoms with Crippen LogP contribution in [0, 0.1) is 0 Å². The molecule has 1 saturated heterocycles. The maximum absolute atomic E-state index is 12.4. The average Bonchev–Trinajstić information content (AvgIpc) is 3.17. The molecule has 1 amide bonds. The summed E-state index contributed by atoms with van der Waals surface area (Å²) in [6.07, 6.45) is 4.58. The number of rotatable bonds is 3. The van der Waals surface area contributed by atoms with Crippen LogP contribution >= 0.6 is 0 Å². The summed E-state index contributed by atoms with van der Waals surface area (Å²) in [5.41, 5.74) is 1.91. The summed E-state index contributed by atoms with van der Waals surface area (Å²) in [6.45, 7) is 3.45. The van der Waals surface area contributed by atoms with Gasteiger partial charge in [0.1, 0.15) is 0 Å². The highest BCUT2D eigenvalue weighted by Gasteiger charge is 2.28. The molecule has 1 atom stereocenters. The molecule has 1 fully saturated rings. The normalized spacial score (nSPS) is 19.2. The van der Waals surface area contributed by atoms with E-state index in [1.165, 1.54) is 0 Å². The van der Waals surface area contributed by atoms with Crippen LogP contribution in [0.25, 0.3) is 0 Å². The Hall–Kier alpha value is -2.11. The van der Waals surface area contributed by atoms with Crippen LogP contribution < -0.4 is 0 Å². The SMILES string of the molecule is CCc1cc(C(=O)N2CCCC(c3ccn[nH]3)C2)on1. The molecule has 1 aliphatic heterocycles. The van der Waals surface area contributed by atoms with E-state index in [1.807, 2.05) is 17.9 Å². The van der Waals surface area contributed by atoms with Gasteiger partial charge in [-0.2, -0.15) is 5.10 Å². The number of aromatic amines is 1. The van der Waals surface area contributed by atoms with E-state index in [0.29, 0.717) is 18.2 Å². The van der Waals surface area contributed by atoms with Crippen molar-refractivity contribution in [1.29, 1.82) is 0 Å². The lowest BCUT2D eigenvalue weighted by molar-refractivity contribution is 0.0663. The number of nitrogens with zero attached hydrogens (tertiary/aromatic N) is 3. The molecule has 1 aliphatic rings. The predicted octanol–water partition coefficient (Wildman–Crippen LogP) is 1.98. The van der Waals surface area contributed by atoms with Gasteiger partial charge in [-0.1, -0.05) is 12.1 Å². The number of aryl methyl sites for hydroxylation is 1. The molecule has 1 unspecified atom stereocenters. The number of hydrogen-bond acceptors (Lipinski definition) is 4. The zero-order chi connectivity index (χ0) is 13.9. The van der Waals surface area contributed by atoms with Crippen LogP contribution in [0.4, 0.5) is 0 Å². The third kappa shape index (κ3) is 2.45. The Labute approximate surface area is 117 Å². The van der Waals surface area contributed by atoms with Crippen molar-refractivity contribution in [2.45, 2.75) is 32.1 Å². The first kappa shape index (κ1) is 12.9. The number of aromatic nitrogens is 3. The van der Waals surface area contributed by atoms with Crippen LogP contribution in [0.15, 0.2) is 22.9 Å². The Balaban J connectivity index is 1.71. The molecular formula is C14H18N4O2. The molecule has 2 aromatic heterocycles. The summed E-state index contributed by atoms with van der Waals surface area (Å²) in [7, 11) is 0. The van der Waals surface area contributed by atoms with Crippen molar-refractivity contribution in [2.75, 3.05) is 13.1 Å². The van der Waals surface area contributed by atoms with E-state index in [1.54, 1.807) is 12.3 Å². The second-order valence-corrected chi connectivity index (χ2v) is 5.14. The zero-order valence-corrected chi connectivity index (χ0v) is 11.5. The molecular weight excluding hydrogens is 256 g/mol. The number of nitrogens with one attached hydrogen (secondary N) is 1. The van der Waals surface area contributed by atoms with Crippen LogP contribution in [-0.2, 0) is 6.42 Å².